The number of azo groups is 1. The topological polar surface area (TPSA) is 194 Å². The van der Waals surface area contributed by atoms with E-state index >= 15 is 0 Å². The fourth-order valence-corrected chi connectivity index (χ4v) is 2.71. The first-order valence-corrected chi connectivity index (χ1v) is 9.14. The molecule has 0 heterocycles. The van der Waals surface area contributed by atoms with E-state index < -0.39 is 54.8 Å². The zero-order chi connectivity index (χ0) is 21.8. The Morgan fingerprint density at radius 1 is 1.16 bits per heavy atom. The average Bonchev–Trinajstić information content (AvgIpc) is 2.62. The van der Waals surface area contributed by atoms with Crippen LogP contribution in [0.2, 0.25) is 0 Å². The molecule has 0 aliphatic heterocycles. The fraction of sp³-hybridized carbons (Fsp3) is 0.125. The van der Waals surface area contributed by atoms with E-state index in [9.17, 15) is 37.8 Å². The van der Waals surface area contributed by atoms with Gasteiger partial charge in [0.25, 0.3) is 11.6 Å². The van der Waals surface area contributed by atoms with Crippen molar-refractivity contribution in [3.63, 3.8) is 0 Å². The van der Waals surface area contributed by atoms with E-state index in [1.807, 2.05) is 0 Å². The van der Waals surface area contributed by atoms with Gasteiger partial charge in [-0.3, -0.25) is 19.7 Å². The number of nitrogens with one attached hydrogen (secondary N) is 1. The average molecular weight is 495 g/mol. The van der Waals surface area contributed by atoms with Gasteiger partial charge in [0.2, 0.25) is 6.04 Å². The molecule has 0 saturated carbocycles. The Hall–Kier alpha value is -2.18. The number of carbonyl (C=O) groups excluding carboxylic acids is 2. The van der Waals surface area contributed by atoms with Crippen LogP contribution in [0.3, 0.4) is 0 Å². The monoisotopic (exact) mass is 495 g/mol. The minimum atomic E-state index is -5.34. The number of anilines is 1. The second-order valence-corrected chi connectivity index (χ2v) is 6.94. The molecule has 2 rings (SSSR count). The molecule has 1 atom stereocenters. The Balaban J connectivity index is 0.00000450. The largest absolute Gasteiger partial charge is 2.00 e. The van der Waals surface area contributed by atoms with Crippen molar-refractivity contribution < 1.29 is 79.5 Å². The van der Waals surface area contributed by atoms with Gasteiger partial charge in [0, 0.05) is 17.8 Å². The third kappa shape index (κ3) is 7.78. The molecule has 0 aromatic heterocycles. The predicted molar refractivity (Wildman–Crippen MR) is 94.6 cm³/mol. The first kappa shape index (κ1) is 28.8. The van der Waals surface area contributed by atoms with E-state index in [1.165, 1.54) is 12.1 Å². The summed E-state index contributed by atoms with van der Waals surface area (Å²) < 4.78 is 33.5. The van der Waals surface area contributed by atoms with Crippen LogP contribution in [-0.4, -0.2) is 35.6 Å². The van der Waals surface area contributed by atoms with E-state index in [0.717, 1.165) is 6.92 Å². The van der Waals surface area contributed by atoms with Gasteiger partial charge in [0.1, 0.15) is 10.1 Å². The Morgan fingerprint density at radius 3 is 2.23 bits per heavy atom. The Bertz CT molecular complexity index is 1110. The number of carbonyl (C=O) groups is 2. The predicted octanol–water partition coefficient (Wildman–Crippen LogP) is -1.75. The maximum atomic E-state index is 12.2. The number of hydrogen-bond acceptors (Lipinski definition) is 10. The number of para-hydroxylation sites is 1. The Labute approximate surface area is 209 Å². The molecular formula is C16H12CrN4NaO8S+. The van der Waals surface area contributed by atoms with Crippen LogP contribution in [0.4, 0.5) is 17.1 Å². The van der Waals surface area contributed by atoms with E-state index in [-0.39, 0.29) is 46.9 Å². The second-order valence-electron chi connectivity index (χ2n) is 5.59. The zero-order valence-corrected chi connectivity index (χ0v) is 20.1. The van der Waals surface area contributed by atoms with Crippen molar-refractivity contribution in [3.8, 4) is 5.75 Å². The van der Waals surface area contributed by atoms with Crippen LogP contribution in [-0.2, 0) is 37.1 Å². The van der Waals surface area contributed by atoms with Gasteiger partial charge in [-0.2, -0.15) is 10.2 Å². The van der Waals surface area contributed by atoms with Crippen molar-refractivity contribution in [2.24, 2.45) is 10.2 Å². The number of rotatable bonds is 7. The number of non-ortho nitro benzene ring substituents is 1. The van der Waals surface area contributed by atoms with Gasteiger partial charge >= 0.3 is 46.9 Å². The zero-order valence-electron chi connectivity index (χ0n) is 16.0. The summed E-state index contributed by atoms with van der Waals surface area (Å²) in [7, 11) is -5.34. The number of amides is 1. The van der Waals surface area contributed by atoms with Gasteiger partial charge in [-0.25, -0.2) is 8.42 Å². The van der Waals surface area contributed by atoms with Crippen molar-refractivity contribution in [3.05, 3.63) is 52.6 Å². The van der Waals surface area contributed by atoms with Gasteiger partial charge in [-0.15, -0.1) is 0 Å². The second kappa shape index (κ2) is 12.0. The summed E-state index contributed by atoms with van der Waals surface area (Å²) in [6, 6.07) is 7.16. The molecule has 2 aromatic carbocycles. The van der Waals surface area contributed by atoms with Crippen molar-refractivity contribution >= 4 is 38.9 Å². The first-order chi connectivity index (χ1) is 13.5. The number of hydrogen-bond donors (Lipinski definition) is 1. The normalized spacial score (nSPS) is 11.7. The van der Waals surface area contributed by atoms with Crippen LogP contribution in [0.25, 0.3) is 0 Å². The summed E-state index contributed by atoms with van der Waals surface area (Å²) in [5.41, 5.74) is -1.44. The number of nitrogens with zero attached hydrogens (tertiary/aromatic N) is 3. The summed E-state index contributed by atoms with van der Waals surface area (Å²) in [5.74, 6) is -3.11. The molecule has 0 aliphatic rings. The first-order valence-electron chi connectivity index (χ1n) is 7.73. The smallest absolute Gasteiger partial charge is 0.870 e. The maximum absolute atomic E-state index is 12.2. The minimum absolute atomic E-state index is 0. The van der Waals surface area contributed by atoms with Crippen molar-refractivity contribution in [1.82, 2.24) is 0 Å². The molecule has 0 fully saturated rings. The number of Topliss-reactive ketones (excluding diaryl/α,β-unsaturated/α-hetero) is 1. The van der Waals surface area contributed by atoms with Crippen LogP contribution >= 0.6 is 0 Å². The molecule has 0 spiro atoms. The number of nitro groups is 1. The third-order valence-electron chi connectivity index (χ3n) is 3.46. The minimum Gasteiger partial charge on any atom is -0.870 e. The molecule has 0 aliphatic carbocycles. The number of benzene rings is 2. The van der Waals surface area contributed by atoms with E-state index in [0.29, 0.717) is 17.8 Å². The van der Waals surface area contributed by atoms with Crippen molar-refractivity contribution in [2.45, 2.75) is 17.9 Å². The molecule has 31 heavy (non-hydrogen) atoms. The van der Waals surface area contributed by atoms with E-state index in [1.54, 1.807) is 18.2 Å². The summed E-state index contributed by atoms with van der Waals surface area (Å²) in [6.45, 7) is 1.02. The Kier molecular flexibility index (Phi) is 11.2. The van der Waals surface area contributed by atoms with Gasteiger partial charge < -0.3 is 15.0 Å². The molecule has 156 valence electrons. The quantitative estimate of drug-likeness (QED) is 0.117. The summed E-state index contributed by atoms with van der Waals surface area (Å²) in [5, 5.41) is 32.2. The fourth-order valence-electron chi connectivity index (χ4n) is 2.11. The molecule has 0 saturated heterocycles. The van der Waals surface area contributed by atoms with Gasteiger partial charge in [0.05, 0.1) is 15.5 Å². The SMILES string of the molecule is CC(=O)C(N=Nc1cc([N+](=O)[O-])cc(S(=O)(=O)[O-])c1[O-])C(=O)Nc1ccccc1.[Cr+2].[Na+]. The van der Waals surface area contributed by atoms with Crippen LogP contribution in [0.15, 0.2) is 57.6 Å². The van der Waals surface area contributed by atoms with E-state index in [2.05, 4.69) is 15.5 Å². The third-order valence-corrected chi connectivity index (χ3v) is 4.30. The van der Waals surface area contributed by atoms with Crippen molar-refractivity contribution in [1.29, 1.82) is 0 Å². The molecule has 15 heteroatoms. The van der Waals surface area contributed by atoms with Crippen molar-refractivity contribution in [2.75, 3.05) is 5.32 Å². The van der Waals surface area contributed by atoms with Crippen LogP contribution in [0, 0.1) is 10.1 Å². The molecule has 1 amide bonds. The van der Waals surface area contributed by atoms with Crippen LogP contribution < -0.4 is 40.0 Å². The van der Waals surface area contributed by atoms with Gasteiger partial charge in [-0.1, -0.05) is 23.9 Å². The molecule has 0 bridgehead atoms. The molecule has 12 nitrogen and oxygen atoms in total. The van der Waals surface area contributed by atoms with Gasteiger partial charge in [-0.05, 0) is 19.1 Å². The van der Waals surface area contributed by atoms with Crippen LogP contribution in [0.1, 0.15) is 6.92 Å². The molecule has 0 radical (unpaired) electrons. The summed E-state index contributed by atoms with van der Waals surface area (Å²) in [6.07, 6.45) is 0. The van der Waals surface area contributed by atoms with E-state index in [4.69, 9.17) is 0 Å². The van der Waals surface area contributed by atoms with Gasteiger partial charge in [0.15, 0.2) is 5.78 Å². The summed E-state index contributed by atoms with van der Waals surface area (Å²) in [4.78, 5) is 32.5. The Morgan fingerprint density at radius 2 is 1.74 bits per heavy atom. The number of ketones is 1. The molecule has 1 unspecified atom stereocenters. The molecule has 2 aromatic rings. The maximum Gasteiger partial charge on any atom is 2.00 e. The summed E-state index contributed by atoms with van der Waals surface area (Å²) >= 11 is 0. The number of nitro benzene ring substituents is 1. The van der Waals surface area contributed by atoms with Crippen LogP contribution in [0.5, 0.6) is 5.75 Å². The molecule has 1 N–H and O–H groups in total. The molecular weight excluding hydrogens is 483 g/mol. The standard InChI is InChI=1S/C16H14N4O8S.Cr.Na/c1-9(21)14(16(23)17-10-5-3-2-4-6-10)19-18-12-7-11(20(24)25)8-13(15(12)22)29(26,27)28;;/h2-8,14,22H,1H3,(H,17,23)(H,26,27,28);;/q;+2;+1/p-2.